The van der Waals surface area contributed by atoms with Crippen molar-refractivity contribution in [1.82, 2.24) is 10.3 Å². The molecule has 3 aromatic rings. The summed E-state index contributed by atoms with van der Waals surface area (Å²) < 4.78 is 0. The maximum atomic E-state index is 9.60. The summed E-state index contributed by atoms with van der Waals surface area (Å²) >= 11 is 0. The van der Waals surface area contributed by atoms with E-state index in [1.807, 2.05) is 43.6 Å². The average Bonchev–Trinajstić information content (AvgIpc) is 2.52. The van der Waals surface area contributed by atoms with Crippen molar-refractivity contribution in [3.63, 3.8) is 0 Å². The van der Waals surface area contributed by atoms with Crippen LogP contribution in [0.15, 0.2) is 60.8 Å². The summed E-state index contributed by atoms with van der Waals surface area (Å²) in [6, 6.07) is 17.8. The second-order valence-electron chi connectivity index (χ2n) is 5.13. The average molecular weight is 278 g/mol. The van der Waals surface area contributed by atoms with Gasteiger partial charge in [-0.2, -0.15) is 0 Å². The molecular formula is C18H18N2O. The van der Waals surface area contributed by atoms with Crippen molar-refractivity contribution in [3.8, 4) is 5.75 Å². The van der Waals surface area contributed by atoms with E-state index in [-0.39, 0.29) is 6.04 Å². The highest BCUT2D eigenvalue weighted by Gasteiger charge is 2.14. The number of pyridine rings is 1. The van der Waals surface area contributed by atoms with Gasteiger partial charge >= 0.3 is 0 Å². The largest absolute Gasteiger partial charge is 0.508 e. The van der Waals surface area contributed by atoms with Gasteiger partial charge in [-0.25, -0.2) is 0 Å². The van der Waals surface area contributed by atoms with Crippen LogP contribution in [0.5, 0.6) is 5.75 Å². The number of fused-ring (bicyclic) bond motifs is 1. The van der Waals surface area contributed by atoms with Crippen LogP contribution in [0.4, 0.5) is 0 Å². The van der Waals surface area contributed by atoms with E-state index in [1.165, 1.54) is 10.8 Å². The van der Waals surface area contributed by atoms with Gasteiger partial charge in [0.05, 0.1) is 11.7 Å². The second-order valence-corrected chi connectivity index (χ2v) is 5.13. The molecule has 1 unspecified atom stereocenters. The zero-order valence-electron chi connectivity index (χ0n) is 12.0. The van der Waals surface area contributed by atoms with Gasteiger partial charge in [0.2, 0.25) is 0 Å². The minimum Gasteiger partial charge on any atom is -0.508 e. The zero-order chi connectivity index (χ0) is 14.7. The Morgan fingerprint density at radius 1 is 1.10 bits per heavy atom. The van der Waals surface area contributed by atoms with Gasteiger partial charge in [-0.1, -0.05) is 36.4 Å². The van der Waals surface area contributed by atoms with E-state index in [2.05, 4.69) is 22.4 Å². The molecule has 0 aliphatic heterocycles. The minimum absolute atomic E-state index is 0.109. The summed E-state index contributed by atoms with van der Waals surface area (Å²) in [5.74, 6) is 0.299. The number of aromatic hydroxyl groups is 1. The molecule has 0 aliphatic carbocycles. The molecule has 2 aromatic carbocycles. The second kappa shape index (κ2) is 5.94. The molecule has 1 atom stereocenters. The summed E-state index contributed by atoms with van der Waals surface area (Å²) in [6.07, 6.45) is 2.64. The lowest BCUT2D eigenvalue weighted by molar-refractivity contribution is 0.473. The molecule has 0 spiro atoms. The molecule has 1 aromatic heterocycles. The Hall–Kier alpha value is -2.39. The first-order valence-electron chi connectivity index (χ1n) is 7.07. The van der Waals surface area contributed by atoms with Crippen LogP contribution in [0.3, 0.4) is 0 Å². The summed E-state index contributed by atoms with van der Waals surface area (Å²) in [4.78, 5) is 4.57. The Balaban J connectivity index is 1.98. The van der Waals surface area contributed by atoms with Crippen molar-refractivity contribution in [3.05, 3.63) is 72.1 Å². The van der Waals surface area contributed by atoms with Crippen LogP contribution in [0.1, 0.15) is 17.3 Å². The Kier molecular flexibility index (Phi) is 3.84. The predicted molar refractivity (Wildman–Crippen MR) is 85.4 cm³/mol. The molecule has 0 amide bonds. The number of phenols is 1. The van der Waals surface area contributed by atoms with Gasteiger partial charge in [0.1, 0.15) is 5.75 Å². The fraction of sp³-hybridized carbons (Fsp3) is 0.167. The van der Waals surface area contributed by atoms with Crippen LogP contribution in [0.25, 0.3) is 10.8 Å². The maximum Gasteiger partial charge on any atom is 0.115 e. The third-order valence-corrected chi connectivity index (χ3v) is 3.73. The molecule has 0 saturated carbocycles. The molecule has 0 radical (unpaired) electrons. The topological polar surface area (TPSA) is 45.1 Å². The summed E-state index contributed by atoms with van der Waals surface area (Å²) in [7, 11) is 1.94. The summed E-state index contributed by atoms with van der Waals surface area (Å²) in [6.45, 7) is 0. The number of nitrogens with zero attached hydrogens (tertiary/aromatic N) is 1. The number of benzene rings is 2. The predicted octanol–water partition coefficient (Wildman–Crippen LogP) is 3.44. The van der Waals surface area contributed by atoms with Crippen LogP contribution in [0, 0.1) is 0 Å². The first-order valence-corrected chi connectivity index (χ1v) is 7.07. The molecule has 1 heterocycles. The number of hydrogen-bond donors (Lipinski definition) is 2. The van der Waals surface area contributed by atoms with Crippen molar-refractivity contribution in [1.29, 1.82) is 0 Å². The highest BCUT2D eigenvalue weighted by Crippen LogP contribution is 2.25. The van der Waals surface area contributed by atoms with Crippen LogP contribution in [-0.4, -0.2) is 17.1 Å². The normalized spacial score (nSPS) is 12.4. The lowest BCUT2D eigenvalue weighted by Crippen LogP contribution is -2.20. The number of phenolic OH excluding ortho intramolecular Hbond substituents is 1. The van der Waals surface area contributed by atoms with E-state index in [4.69, 9.17) is 0 Å². The molecule has 3 heteroatoms. The first kappa shape index (κ1) is 13.6. The molecule has 3 rings (SSSR count). The molecule has 0 fully saturated rings. The third-order valence-electron chi connectivity index (χ3n) is 3.73. The molecular weight excluding hydrogens is 260 g/mol. The molecule has 0 aliphatic rings. The number of nitrogens with one attached hydrogen (secondary N) is 1. The Morgan fingerprint density at radius 2 is 1.95 bits per heavy atom. The zero-order valence-corrected chi connectivity index (χ0v) is 12.0. The van der Waals surface area contributed by atoms with Crippen molar-refractivity contribution in [2.45, 2.75) is 12.5 Å². The Labute approximate surface area is 124 Å². The quantitative estimate of drug-likeness (QED) is 0.768. The smallest absolute Gasteiger partial charge is 0.115 e. The van der Waals surface area contributed by atoms with Gasteiger partial charge in [0.15, 0.2) is 0 Å². The van der Waals surface area contributed by atoms with Gasteiger partial charge in [-0.05, 0) is 42.6 Å². The highest BCUT2D eigenvalue weighted by molar-refractivity contribution is 5.84. The van der Waals surface area contributed by atoms with Crippen LogP contribution in [0.2, 0.25) is 0 Å². The fourth-order valence-corrected chi connectivity index (χ4v) is 2.68. The SMILES string of the molecule is CNC(Cc1cccc(O)c1)c1nccc2ccccc12. The Morgan fingerprint density at radius 3 is 2.76 bits per heavy atom. The molecule has 21 heavy (non-hydrogen) atoms. The van der Waals surface area contributed by atoms with Gasteiger partial charge in [0, 0.05) is 11.6 Å². The fourth-order valence-electron chi connectivity index (χ4n) is 2.68. The van der Waals surface area contributed by atoms with Crippen molar-refractivity contribution in [2.24, 2.45) is 0 Å². The summed E-state index contributed by atoms with van der Waals surface area (Å²) in [5.41, 5.74) is 2.13. The summed E-state index contributed by atoms with van der Waals surface area (Å²) in [5, 5.41) is 15.3. The van der Waals surface area contributed by atoms with E-state index in [9.17, 15) is 5.11 Å². The minimum atomic E-state index is 0.109. The van der Waals surface area contributed by atoms with Crippen molar-refractivity contribution < 1.29 is 5.11 Å². The monoisotopic (exact) mass is 278 g/mol. The highest BCUT2D eigenvalue weighted by atomic mass is 16.3. The lowest BCUT2D eigenvalue weighted by atomic mass is 9.99. The molecule has 106 valence electrons. The van der Waals surface area contributed by atoms with E-state index in [1.54, 1.807) is 12.1 Å². The van der Waals surface area contributed by atoms with Gasteiger partial charge in [-0.3, -0.25) is 4.98 Å². The standard InChI is InChI=1S/C18H18N2O/c1-19-17(12-13-5-4-7-15(21)11-13)18-16-8-3-2-6-14(16)9-10-20-18/h2-11,17,19,21H,12H2,1H3. The molecule has 0 bridgehead atoms. The molecule has 0 saturated heterocycles. The van der Waals surface area contributed by atoms with E-state index in [0.717, 1.165) is 17.7 Å². The number of aromatic nitrogens is 1. The lowest BCUT2D eigenvalue weighted by Gasteiger charge is -2.18. The first-order chi connectivity index (χ1) is 10.3. The van der Waals surface area contributed by atoms with Gasteiger partial charge in [0.25, 0.3) is 0 Å². The van der Waals surface area contributed by atoms with Gasteiger partial charge < -0.3 is 10.4 Å². The Bertz CT molecular complexity index is 750. The van der Waals surface area contributed by atoms with E-state index >= 15 is 0 Å². The number of rotatable bonds is 4. The van der Waals surface area contributed by atoms with E-state index in [0.29, 0.717) is 5.75 Å². The van der Waals surface area contributed by atoms with Crippen molar-refractivity contribution in [2.75, 3.05) is 7.05 Å². The number of hydrogen-bond acceptors (Lipinski definition) is 3. The van der Waals surface area contributed by atoms with Gasteiger partial charge in [-0.15, -0.1) is 0 Å². The van der Waals surface area contributed by atoms with E-state index < -0.39 is 0 Å². The van der Waals surface area contributed by atoms with Crippen LogP contribution < -0.4 is 5.32 Å². The third kappa shape index (κ3) is 2.88. The number of likely N-dealkylation sites (N-methyl/N-ethyl adjacent to an activating group) is 1. The molecule has 2 N–H and O–H groups in total. The maximum absolute atomic E-state index is 9.60. The van der Waals surface area contributed by atoms with Crippen molar-refractivity contribution >= 4 is 10.8 Å². The van der Waals surface area contributed by atoms with Crippen LogP contribution >= 0.6 is 0 Å². The van der Waals surface area contributed by atoms with Crippen LogP contribution in [-0.2, 0) is 6.42 Å². The molecule has 3 nitrogen and oxygen atoms in total.